The topological polar surface area (TPSA) is 115 Å². The zero-order valence-corrected chi connectivity index (χ0v) is 10.0. The number of carboxylic acids is 1. The van der Waals surface area contributed by atoms with Crippen molar-refractivity contribution in [2.24, 2.45) is 0 Å². The van der Waals surface area contributed by atoms with Gasteiger partial charge >= 0.3 is 5.97 Å². The number of nitrogen functional groups attached to an aromatic ring is 1. The molecular formula is C9H13N3O4S. The van der Waals surface area contributed by atoms with E-state index in [2.05, 4.69) is 10.3 Å². The van der Waals surface area contributed by atoms with Gasteiger partial charge in [-0.25, -0.2) is 9.78 Å². The lowest BCUT2D eigenvalue weighted by Crippen LogP contribution is -2.27. The number of hydrogen-bond donors (Lipinski definition) is 3. The molecule has 0 aliphatic carbocycles. The summed E-state index contributed by atoms with van der Waals surface area (Å²) in [6.07, 6.45) is 0. The summed E-state index contributed by atoms with van der Waals surface area (Å²) in [6, 6.07) is 0. The summed E-state index contributed by atoms with van der Waals surface area (Å²) >= 11 is 1.11. The van der Waals surface area contributed by atoms with Crippen LogP contribution in [0.3, 0.4) is 0 Å². The van der Waals surface area contributed by atoms with Crippen LogP contribution in [0, 0.1) is 6.92 Å². The first-order valence-electron chi connectivity index (χ1n) is 4.81. The number of nitrogens with one attached hydrogen (secondary N) is 1. The van der Waals surface area contributed by atoms with Crippen LogP contribution in [0.5, 0.6) is 0 Å². The van der Waals surface area contributed by atoms with Crippen molar-refractivity contribution < 1.29 is 19.4 Å². The van der Waals surface area contributed by atoms with E-state index in [1.165, 1.54) is 0 Å². The Bertz CT molecular complexity index is 418. The molecule has 0 radical (unpaired) electrons. The van der Waals surface area contributed by atoms with E-state index in [0.717, 1.165) is 11.3 Å². The van der Waals surface area contributed by atoms with Crippen LogP contribution in [-0.4, -0.2) is 41.7 Å². The maximum absolute atomic E-state index is 11.6. The predicted octanol–water partition coefficient (Wildman–Crippen LogP) is -0.135. The van der Waals surface area contributed by atoms with Gasteiger partial charge in [0.1, 0.15) is 11.5 Å². The first-order chi connectivity index (χ1) is 8.00. The second-order valence-corrected chi connectivity index (χ2v) is 4.20. The maximum Gasteiger partial charge on any atom is 0.329 e. The van der Waals surface area contributed by atoms with E-state index >= 15 is 0 Å². The van der Waals surface area contributed by atoms with Crippen LogP contribution in [0.2, 0.25) is 0 Å². The minimum Gasteiger partial charge on any atom is -0.480 e. The monoisotopic (exact) mass is 259 g/mol. The number of rotatable bonds is 6. The van der Waals surface area contributed by atoms with Gasteiger partial charge in [-0.1, -0.05) is 11.3 Å². The second-order valence-electron chi connectivity index (χ2n) is 3.17. The fraction of sp³-hybridized carbons (Fsp3) is 0.444. The minimum atomic E-state index is -1.04. The molecule has 0 unspecified atom stereocenters. The van der Waals surface area contributed by atoms with Gasteiger partial charge in [0.05, 0.1) is 12.3 Å². The molecular weight excluding hydrogens is 246 g/mol. The third-order valence-corrected chi connectivity index (χ3v) is 2.76. The number of aliphatic carboxylic acids is 1. The number of carboxylic acid groups (broad SMARTS) is 1. The molecule has 0 spiro atoms. The Morgan fingerprint density at radius 2 is 2.29 bits per heavy atom. The van der Waals surface area contributed by atoms with Crippen LogP contribution in [0.4, 0.5) is 5.13 Å². The molecule has 17 heavy (non-hydrogen) atoms. The van der Waals surface area contributed by atoms with Crippen molar-refractivity contribution in [2.45, 2.75) is 6.92 Å². The molecule has 1 amide bonds. The molecule has 0 aromatic carbocycles. The largest absolute Gasteiger partial charge is 0.480 e. The molecule has 94 valence electrons. The number of aromatic nitrogens is 1. The van der Waals surface area contributed by atoms with E-state index in [-0.39, 0.29) is 25.7 Å². The Balaban J connectivity index is 2.30. The number of anilines is 1. The Morgan fingerprint density at radius 3 is 2.82 bits per heavy atom. The quantitative estimate of drug-likeness (QED) is 0.613. The minimum absolute atomic E-state index is 0.144. The number of carbonyl (C=O) groups is 2. The molecule has 4 N–H and O–H groups in total. The van der Waals surface area contributed by atoms with Gasteiger partial charge in [-0.15, -0.1) is 0 Å². The Morgan fingerprint density at radius 1 is 1.59 bits per heavy atom. The zero-order valence-electron chi connectivity index (χ0n) is 9.23. The molecule has 1 heterocycles. The Kier molecular flexibility index (Phi) is 4.85. The lowest BCUT2D eigenvalue weighted by atomic mass is 10.4. The molecule has 0 saturated carbocycles. The molecule has 0 fully saturated rings. The average Bonchev–Trinajstić information content (AvgIpc) is 2.56. The number of aryl methyl sites for hydroxylation is 1. The number of carbonyl (C=O) groups excluding carboxylic acids is 1. The summed E-state index contributed by atoms with van der Waals surface area (Å²) in [4.78, 5) is 26.1. The van der Waals surface area contributed by atoms with E-state index in [9.17, 15) is 9.59 Å². The SMILES string of the molecule is Cc1nc(N)sc1C(=O)NCCOCC(=O)O. The zero-order chi connectivity index (χ0) is 12.8. The van der Waals surface area contributed by atoms with Gasteiger partial charge in [0.25, 0.3) is 5.91 Å². The summed E-state index contributed by atoms with van der Waals surface area (Å²) in [7, 11) is 0. The van der Waals surface area contributed by atoms with Crippen LogP contribution in [0.25, 0.3) is 0 Å². The van der Waals surface area contributed by atoms with Gasteiger partial charge in [0, 0.05) is 6.54 Å². The lowest BCUT2D eigenvalue weighted by molar-refractivity contribution is -0.142. The standard InChI is InChI=1S/C9H13N3O4S/c1-5-7(17-9(10)12-5)8(15)11-2-3-16-4-6(13)14/h2-4H2,1H3,(H2,10,12)(H,11,15)(H,13,14). The molecule has 0 aliphatic rings. The van der Waals surface area contributed by atoms with Gasteiger partial charge in [0.2, 0.25) is 0 Å². The first-order valence-corrected chi connectivity index (χ1v) is 5.63. The van der Waals surface area contributed by atoms with Gasteiger partial charge in [-0.05, 0) is 6.92 Å². The summed E-state index contributed by atoms with van der Waals surface area (Å²) < 4.78 is 4.77. The van der Waals surface area contributed by atoms with E-state index in [1.54, 1.807) is 6.92 Å². The fourth-order valence-corrected chi connectivity index (χ4v) is 1.85. The van der Waals surface area contributed by atoms with E-state index < -0.39 is 5.97 Å². The molecule has 0 saturated heterocycles. The van der Waals surface area contributed by atoms with Crippen molar-refractivity contribution in [1.29, 1.82) is 0 Å². The van der Waals surface area contributed by atoms with Crippen molar-refractivity contribution in [3.63, 3.8) is 0 Å². The Hall–Kier alpha value is -1.67. The third-order valence-electron chi connectivity index (χ3n) is 1.78. The highest BCUT2D eigenvalue weighted by atomic mass is 32.1. The number of ether oxygens (including phenoxy) is 1. The van der Waals surface area contributed by atoms with E-state index in [0.29, 0.717) is 15.7 Å². The first kappa shape index (κ1) is 13.4. The summed E-state index contributed by atoms with van der Waals surface area (Å²) in [6.45, 7) is 1.71. The van der Waals surface area contributed by atoms with Crippen LogP contribution in [0.15, 0.2) is 0 Å². The average molecular weight is 259 g/mol. The van der Waals surface area contributed by atoms with Crippen molar-refractivity contribution in [3.05, 3.63) is 10.6 Å². The van der Waals surface area contributed by atoms with Crippen molar-refractivity contribution in [3.8, 4) is 0 Å². The second kappa shape index (κ2) is 6.16. The molecule has 8 heteroatoms. The van der Waals surface area contributed by atoms with Gasteiger partial charge in [-0.3, -0.25) is 4.79 Å². The van der Waals surface area contributed by atoms with Crippen LogP contribution in [-0.2, 0) is 9.53 Å². The van der Waals surface area contributed by atoms with Gasteiger partial charge in [0.15, 0.2) is 5.13 Å². The highest BCUT2D eigenvalue weighted by Gasteiger charge is 2.13. The van der Waals surface area contributed by atoms with Crippen molar-refractivity contribution in [1.82, 2.24) is 10.3 Å². The summed E-state index contributed by atoms with van der Waals surface area (Å²) in [5, 5.41) is 11.2. The van der Waals surface area contributed by atoms with Gasteiger partial charge in [-0.2, -0.15) is 0 Å². The predicted molar refractivity (Wildman–Crippen MR) is 62.1 cm³/mol. The maximum atomic E-state index is 11.6. The number of hydrogen-bond acceptors (Lipinski definition) is 6. The third kappa shape index (κ3) is 4.37. The van der Waals surface area contributed by atoms with Crippen LogP contribution >= 0.6 is 11.3 Å². The molecule has 0 bridgehead atoms. The van der Waals surface area contributed by atoms with Crippen molar-refractivity contribution in [2.75, 3.05) is 25.5 Å². The summed E-state index contributed by atoms with van der Waals surface area (Å²) in [5.74, 6) is -1.32. The highest BCUT2D eigenvalue weighted by Crippen LogP contribution is 2.18. The lowest BCUT2D eigenvalue weighted by Gasteiger charge is -2.03. The normalized spacial score (nSPS) is 10.2. The van der Waals surface area contributed by atoms with E-state index in [1.807, 2.05) is 0 Å². The molecule has 1 rings (SSSR count). The molecule has 1 aromatic rings. The van der Waals surface area contributed by atoms with E-state index in [4.69, 9.17) is 15.6 Å². The summed E-state index contributed by atoms with van der Waals surface area (Å²) in [5.41, 5.74) is 6.04. The fourth-order valence-electron chi connectivity index (χ4n) is 1.10. The molecule has 0 aliphatic heterocycles. The van der Waals surface area contributed by atoms with Crippen molar-refractivity contribution >= 4 is 28.3 Å². The number of nitrogens with two attached hydrogens (primary N) is 1. The smallest absolute Gasteiger partial charge is 0.329 e. The number of nitrogens with zero attached hydrogens (tertiary/aromatic N) is 1. The Labute approximate surface area is 102 Å². The highest BCUT2D eigenvalue weighted by molar-refractivity contribution is 7.17. The molecule has 7 nitrogen and oxygen atoms in total. The van der Waals surface area contributed by atoms with Crippen LogP contribution in [0.1, 0.15) is 15.4 Å². The molecule has 0 atom stereocenters. The molecule has 1 aromatic heterocycles. The van der Waals surface area contributed by atoms with Gasteiger partial charge < -0.3 is 20.9 Å². The van der Waals surface area contributed by atoms with Crippen LogP contribution < -0.4 is 11.1 Å². The number of amides is 1. The number of thiazole rings is 1.